The minimum absolute atomic E-state index is 0.0627. The number of hydrogen-bond donors (Lipinski definition) is 1. The first-order chi connectivity index (χ1) is 10.9. The zero-order valence-electron chi connectivity index (χ0n) is 14.2. The normalized spacial score (nSPS) is 12.7. The molecule has 0 spiro atoms. The van der Waals surface area contributed by atoms with Gasteiger partial charge in [-0.05, 0) is 40.8 Å². The maximum Gasteiger partial charge on any atom is 0.172 e. The minimum Gasteiger partial charge on any atom is -0.497 e. The first-order valence-electron chi connectivity index (χ1n) is 7.76. The van der Waals surface area contributed by atoms with E-state index in [-0.39, 0.29) is 17.8 Å². The molecule has 2 rings (SSSR count). The Labute approximate surface area is 137 Å². The van der Waals surface area contributed by atoms with Crippen LogP contribution in [0.3, 0.4) is 0 Å². The average Bonchev–Trinajstić information content (AvgIpc) is 2.55. The van der Waals surface area contributed by atoms with Crippen LogP contribution in [0.2, 0.25) is 0 Å². The number of methoxy groups -OCH3 is 1. The predicted octanol–water partition coefficient (Wildman–Crippen LogP) is 3.95. The van der Waals surface area contributed by atoms with E-state index < -0.39 is 5.92 Å². The van der Waals surface area contributed by atoms with Gasteiger partial charge in [-0.3, -0.25) is 4.79 Å². The summed E-state index contributed by atoms with van der Waals surface area (Å²) >= 11 is 0. The molecule has 122 valence electrons. The van der Waals surface area contributed by atoms with Crippen molar-refractivity contribution in [1.82, 2.24) is 0 Å². The van der Waals surface area contributed by atoms with Crippen LogP contribution in [0.5, 0.6) is 5.75 Å². The summed E-state index contributed by atoms with van der Waals surface area (Å²) in [5.41, 5.74) is 2.67. The van der Waals surface area contributed by atoms with Crippen LogP contribution in [0.4, 0.5) is 0 Å². The predicted molar refractivity (Wildman–Crippen MR) is 92.3 cm³/mol. The number of carbonyl (C=O) groups is 1. The van der Waals surface area contributed by atoms with Gasteiger partial charge in [-0.2, -0.15) is 0 Å². The van der Waals surface area contributed by atoms with Gasteiger partial charge in [-0.25, -0.2) is 0 Å². The van der Waals surface area contributed by atoms with Gasteiger partial charge in [0.25, 0.3) is 0 Å². The molecule has 0 saturated heterocycles. The lowest BCUT2D eigenvalue weighted by molar-refractivity contribution is 0.0922. The third-order valence-corrected chi connectivity index (χ3v) is 4.05. The number of aliphatic hydroxyl groups excluding tert-OH is 1. The summed E-state index contributed by atoms with van der Waals surface area (Å²) in [5.74, 6) is 0.0766. The largest absolute Gasteiger partial charge is 0.497 e. The van der Waals surface area contributed by atoms with Crippen molar-refractivity contribution >= 4 is 5.78 Å². The van der Waals surface area contributed by atoms with Crippen LogP contribution < -0.4 is 4.74 Å². The molecule has 0 amide bonds. The van der Waals surface area contributed by atoms with E-state index in [9.17, 15) is 9.90 Å². The minimum atomic E-state index is -0.544. The Kier molecular flexibility index (Phi) is 5.22. The molecule has 0 aliphatic carbocycles. The molecule has 0 aliphatic rings. The van der Waals surface area contributed by atoms with Crippen LogP contribution in [-0.4, -0.2) is 24.6 Å². The van der Waals surface area contributed by atoms with Crippen LogP contribution in [0.15, 0.2) is 48.5 Å². The fourth-order valence-corrected chi connectivity index (χ4v) is 2.51. The summed E-state index contributed by atoms with van der Waals surface area (Å²) in [6.07, 6.45) is 0. The van der Waals surface area contributed by atoms with Gasteiger partial charge in [0.05, 0.1) is 19.6 Å². The highest BCUT2D eigenvalue weighted by Gasteiger charge is 2.22. The Balaban J connectivity index is 2.25. The van der Waals surface area contributed by atoms with Crippen LogP contribution >= 0.6 is 0 Å². The molecule has 2 aromatic carbocycles. The van der Waals surface area contributed by atoms with Gasteiger partial charge >= 0.3 is 0 Å². The lowest BCUT2D eigenvalue weighted by Gasteiger charge is -2.20. The first-order valence-corrected chi connectivity index (χ1v) is 7.76. The van der Waals surface area contributed by atoms with Crippen molar-refractivity contribution in [3.63, 3.8) is 0 Å². The second-order valence-corrected chi connectivity index (χ2v) is 6.70. The van der Waals surface area contributed by atoms with E-state index in [1.54, 1.807) is 31.4 Å². The summed E-state index contributed by atoms with van der Waals surface area (Å²) in [7, 11) is 1.59. The number of hydrogen-bond acceptors (Lipinski definition) is 3. The number of carbonyl (C=O) groups excluding carboxylic acids is 1. The summed E-state index contributed by atoms with van der Waals surface area (Å²) < 4.78 is 5.10. The number of benzene rings is 2. The lowest BCUT2D eigenvalue weighted by Crippen LogP contribution is -2.17. The zero-order valence-corrected chi connectivity index (χ0v) is 14.2. The molecular formula is C20H24O3. The Morgan fingerprint density at radius 2 is 1.61 bits per heavy atom. The molecule has 1 unspecified atom stereocenters. The van der Waals surface area contributed by atoms with E-state index >= 15 is 0 Å². The third kappa shape index (κ3) is 3.99. The van der Waals surface area contributed by atoms with E-state index in [1.165, 1.54) is 5.56 Å². The van der Waals surface area contributed by atoms with Gasteiger partial charge in [0.2, 0.25) is 0 Å². The molecule has 0 radical (unpaired) electrons. The Hall–Kier alpha value is -2.13. The summed E-state index contributed by atoms with van der Waals surface area (Å²) in [6, 6.07) is 14.9. The van der Waals surface area contributed by atoms with Crippen LogP contribution in [-0.2, 0) is 5.41 Å². The van der Waals surface area contributed by atoms with E-state index in [1.807, 2.05) is 24.3 Å². The highest BCUT2D eigenvalue weighted by molar-refractivity contribution is 6.01. The summed E-state index contributed by atoms with van der Waals surface area (Å²) in [6.45, 7) is 6.23. The first kappa shape index (κ1) is 17.2. The van der Waals surface area contributed by atoms with E-state index in [4.69, 9.17) is 4.74 Å². The fraction of sp³-hybridized carbons (Fsp3) is 0.350. The van der Waals surface area contributed by atoms with Gasteiger partial charge in [-0.1, -0.05) is 45.0 Å². The van der Waals surface area contributed by atoms with Crippen LogP contribution in [0.25, 0.3) is 0 Å². The fourth-order valence-electron chi connectivity index (χ4n) is 2.51. The molecule has 0 bridgehead atoms. The molecule has 23 heavy (non-hydrogen) atoms. The Morgan fingerprint density at radius 3 is 2.04 bits per heavy atom. The highest BCUT2D eigenvalue weighted by Crippen LogP contribution is 2.26. The van der Waals surface area contributed by atoms with Gasteiger partial charge in [0, 0.05) is 5.56 Å². The topological polar surface area (TPSA) is 46.5 Å². The van der Waals surface area contributed by atoms with Crippen molar-refractivity contribution < 1.29 is 14.6 Å². The van der Waals surface area contributed by atoms with Crippen molar-refractivity contribution in [1.29, 1.82) is 0 Å². The van der Waals surface area contributed by atoms with Gasteiger partial charge in [-0.15, -0.1) is 0 Å². The zero-order chi connectivity index (χ0) is 17.0. The van der Waals surface area contributed by atoms with Crippen molar-refractivity contribution in [3.05, 3.63) is 65.2 Å². The number of aliphatic hydroxyl groups is 1. The molecule has 0 heterocycles. The molecule has 0 aliphatic heterocycles. The maximum absolute atomic E-state index is 12.7. The molecule has 0 fully saturated rings. The molecule has 2 aromatic rings. The molecule has 3 heteroatoms. The number of ketones is 1. The smallest absolute Gasteiger partial charge is 0.172 e. The van der Waals surface area contributed by atoms with Crippen molar-refractivity contribution in [2.75, 3.05) is 13.7 Å². The molecule has 1 atom stereocenters. The number of ether oxygens (including phenoxy) is 1. The lowest BCUT2D eigenvalue weighted by atomic mass is 9.84. The van der Waals surface area contributed by atoms with E-state index in [0.717, 1.165) is 5.56 Å². The second kappa shape index (κ2) is 6.97. The number of rotatable bonds is 5. The number of Topliss-reactive ketones (excluding diaryl/α,β-unsaturated/α-hetero) is 1. The molecule has 0 aromatic heterocycles. The van der Waals surface area contributed by atoms with Crippen molar-refractivity contribution in [2.24, 2.45) is 0 Å². The van der Waals surface area contributed by atoms with Gasteiger partial charge < -0.3 is 9.84 Å². The molecule has 0 saturated carbocycles. The quantitative estimate of drug-likeness (QED) is 0.850. The summed E-state index contributed by atoms with van der Waals surface area (Å²) in [5, 5.41) is 9.70. The van der Waals surface area contributed by atoms with E-state index in [2.05, 4.69) is 20.8 Å². The van der Waals surface area contributed by atoms with Crippen molar-refractivity contribution in [3.8, 4) is 5.75 Å². The monoisotopic (exact) mass is 312 g/mol. The third-order valence-electron chi connectivity index (χ3n) is 4.05. The standard InChI is InChI=1S/C20H24O3/c1-20(2,3)16-9-5-14(6-10-16)18(13-21)19(22)15-7-11-17(23-4)12-8-15/h5-12,18,21H,13H2,1-4H3. The van der Waals surface area contributed by atoms with Crippen LogP contribution in [0, 0.1) is 0 Å². The second-order valence-electron chi connectivity index (χ2n) is 6.70. The average molecular weight is 312 g/mol. The van der Waals surface area contributed by atoms with Gasteiger partial charge in [0.1, 0.15) is 5.75 Å². The SMILES string of the molecule is COc1ccc(C(=O)C(CO)c2ccc(C(C)(C)C)cc2)cc1. The molecule has 1 N–H and O–H groups in total. The highest BCUT2D eigenvalue weighted by atomic mass is 16.5. The van der Waals surface area contributed by atoms with Gasteiger partial charge in [0.15, 0.2) is 5.78 Å². The Bertz CT molecular complexity index is 649. The van der Waals surface area contributed by atoms with E-state index in [0.29, 0.717) is 11.3 Å². The maximum atomic E-state index is 12.7. The molecular weight excluding hydrogens is 288 g/mol. The van der Waals surface area contributed by atoms with Crippen LogP contribution in [0.1, 0.15) is 48.2 Å². The molecule has 3 nitrogen and oxygen atoms in total. The summed E-state index contributed by atoms with van der Waals surface area (Å²) in [4.78, 5) is 12.7. The van der Waals surface area contributed by atoms with Crippen molar-refractivity contribution in [2.45, 2.75) is 32.1 Å². The Morgan fingerprint density at radius 1 is 1.04 bits per heavy atom.